The van der Waals surface area contributed by atoms with Crippen LogP contribution in [0, 0.1) is 13.8 Å². The molecule has 0 N–H and O–H groups in total. The van der Waals surface area contributed by atoms with E-state index in [1.165, 1.54) is 10.8 Å². The molecule has 3 aromatic rings. The molecule has 25 heavy (non-hydrogen) atoms. The molecule has 3 heteroatoms. The van der Waals surface area contributed by atoms with Crippen LogP contribution in [0.5, 0.6) is 0 Å². The first-order chi connectivity index (χ1) is 12.1. The first-order valence-electron chi connectivity index (χ1n) is 8.30. The van der Waals surface area contributed by atoms with Crippen molar-refractivity contribution in [3.05, 3.63) is 84.3 Å². The molecule has 130 valence electrons. The predicted octanol–water partition coefficient (Wildman–Crippen LogP) is 6.95. The maximum atomic E-state index is 6.00. The van der Waals surface area contributed by atoms with Crippen LogP contribution < -0.4 is 0 Å². The van der Waals surface area contributed by atoms with Crippen LogP contribution in [0.25, 0.3) is 22.0 Å². The van der Waals surface area contributed by atoms with Crippen LogP contribution in [-0.4, -0.2) is 9.97 Å². The standard InChI is InChI=1S/C16H13ClN2.C4H6.C2H6/c1-10-11(2)18-16(17)19-15(10)14-9-5-7-12-6-3-4-8-13(12)14;1-3-4-2;1-2/h3-9H,1-2H3;3-4H,1-2H2;1-2H3. The topological polar surface area (TPSA) is 25.8 Å². The van der Waals surface area contributed by atoms with Gasteiger partial charge in [-0.15, -0.1) is 0 Å². The molecule has 0 fully saturated rings. The summed E-state index contributed by atoms with van der Waals surface area (Å²) in [4.78, 5) is 8.60. The van der Waals surface area contributed by atoms with Crippen molar-refractivity contribution < 1.29 is 0 Å². The van der Waals surface area contributed by atoms with Crippen molar-refractivity contribution in [1.29, 1.82) is 0 Å². The van der Waals surface area contributed by atoms with Crippen LogP contribution >= 0.6 is 11.6 Å². The van der Waals surface area contributed by atoms with Crippen molar-refractivity contribution in [2.24, 2.45) is 0 Å². The van der Waals surface area contributed by atoms with E-state index < -0.39 is 0 Å². The van der Waals surface area contributed by atoms with Crippen molar-refractivity contribution in [3.8, 4) is 11.3 Å². The molecule has 0 unspecified atom stereocenters. The highest BCUT2D eigenvalue weighted by Crippen LogP contribution is 2.30. The van der Waals surface area contributed by atoms with Crippen molar-refractivity contribution >= 4 is 22.4 Å². The van der Waals surface area contributed by atoms with Gasteiger partial charge in [-0.3, -0.25) is 0 Å². The quantitative estimate of drug-likeness (QED) is 0.368. The van der Waals surface area contributed by atoms with Gasteiger partial charge < -0.3 is 0 Å². The fourth-order valence-corrected chi connectivity index (χ4v) is 2.50. The summed E-state index contributed by atoms with van der Waals surface area (Å²) in [6, 6.07) is 14.5. The van der Waals surface area contributed by atoms with Crippen molar-refractivity contribution in [2.45, 2.75) is 27.7 Å². The minimum atomic E-state index is 0.297. The van der Waals surface area contributed by atoms with Crippen molar-refractivity contribution in [3.63, 3.8) is 0 Å². The number of hydrogen-bond acceptors (Lipinski definition) is 2. The first-order valence-corrected chi connectivity index (χ1v) is 8.68. The van der Waals surface area contributed by atoms with E-state index in [1.54, 1.807) is 12.2 Å². The normalized spacial score (nSPS) is 9.32. The number of hydrogen-bond donors (Lipinski definition) is 0. The van der Waals surface area contributed by atoms with Gasteiger partial charge in [-0.1, -0.05) is 81.6 Å². The molecule has 0 aliphatic rings. The molecule has 0 atom stereocenters. The lowest BCUT2D eigenvalue weighted by atomic mass is 9.99. The molecule has 0 amide bonds. The van der Waals surface area contributed by atoms with E-state index >= 15 is 0 Å². The first kappa shape index (κ1) is 20.6. The number of benzene rings is 2. The van der Waals surface area contributed by atoms with Crippen LogP contribution in [0.1, 0.15) is 25.1 Å². The van der Waals surface area contributed by atoms with Crippen molar-refractivity contribution in [1.82, 2.24) is 9.97 Å². The summed E-state index contributed by atoms with van der Waals surface area (Å²) in [5.41, 5.74) is 4.00. The molecule has 0 bridgehead atoms. The SMILES string of the molecule is C=CC=C.CC.Cc1nc(Cl)nc(-c2cccc3ccccc23)c1C. The third-order valence-electron chi connectivity index (χ3n) is 3.57. The molecule has 0 radical (unpaired) electrons. The zero-order valence-corrected chi connectivity index (χ0v) is 16.1. The molecule has 0 saturated carbocycles. The number of nitrogens with zero attached hydrogens (tertiary/aromatic N) is 2. The summed E-state index contributed by atoms with van der Waals surface area (Å²) in [6.45, 7) is 14.7. The molecule has 1 aromatic heterocycles. The number of rotatable bonds is 2. The van der Waals surface area contributed by atoms with Crippen molar-refractivity contribution in [2.75, 3.05) is 0 Å². The lowest BCUT2D eigenvalue weighted by molar-refractivity contribution is 1.07. The summed E-state index contributed by atoms with van der Waals surface area (Å²) in [7, 11) is 0. The maximum absolute atomic E-state index is 6.00. The van der Waals surface area contributed by atoms with E-state index in [1.807, 2.05) is 45.9 Å². The van der Waals surface area contributed by atoms with Gasteiger partial charge in [-0.05, 0) is 41.8 Å². The lowest BCUT2D eigenvalue weighted by Gasteiger charge is -2.10. The highest BCUT2D eigenvalue weighted by Gasteiger charge is 2.11. The average molecular weight is 353 g/mol. The van der Waals surface area contributed by atoms with Crippen LogP contribution in [-0.2, 0) is 0 Å². The third kappa shape index (κ3) is 5.27. The number of allylic oxidation sites excluding steroid dienone is 2. The fraction of sp³-hybridized carbons (Fsp3) is 0.182. The Kier molecular flexibility index (Phi) is 8.59. The Hall–Kier alpha value is -2.45. The molecule has 0 saturated heterocycles. The van der Waals surface area contributed by atoms with Crippen LogP contribution in [0.4, 0.5) is 0 Å². The summed E-state index contributed by atoms with van der Waals surface area (Å²) < 4.78 is 0. The molecule has 0 spiro atoms. The predicted molar refractivity (Wildman–Crippen MR) is 111 cm³/mol. The fourth-order valence-electron chi connectivity index (χ4n) is 2.29. The van der Waals surface area contributed by atoms with Gasteiger partial charge >= 0.3 is 0 Å². The summed E-state index contributed by atoms with van der Waals surface area (Å²) in [6.07, 6.45) is 3.28. The largest absolute Gasteiger partial charge is 0.223 e. The van der Waals surface area contributed by atoms with E-state index in [2.05, 4.69) is 47.4 Å². The summed E-state index contributed by atoms with van der Waals surface area (Å²) >= 11 is 6.00. The highest BCUT2D eigenvalue weighted by atomic mass is 35.5. The molecule has 2 aromatic carbocycles. The second-order valence-electron chi connectivity index (χ2n) is 5.05. The molecule has 1 heterocycles. The van der Waals surface area contributed by atoms with E-state index in [-0.39, 0.29) is 0 Å². The number of halogens is 1. The molecular weight excluding hydrogens is 328 g/mol. The van der Waals surface area contributed by atoms with Crippen LogP contribution in [0.2, 0.25) is 5.28 Å². The second-order valence-corrected chi connectivity index (χ2v) is 5.39. The van der Waals surface area contributed by atoms with Gasteiger partial charge in [0, 0.05) is 11.3 Å². The van der Waals surface area contributed by atoms with Gasteiger partial charge in [-0.25, -0.2) is 9.97 Å². The Balaban J connectivity index is 0.000000461. The summed E-state index contributed by atoms with van der Waals surface area (Å²) in [5, 5.41) is 2.68. The lowest BCUT2D eigenvalue weighted by Crippen LogP contribution is -1.97. The Bertz CT molecular complexity index is 843. The highest BCUT2D eigenvalue weighted by molar-refractivity contribution is 6.28. The zero-order chi connectivity index (χ0) is 18.8. The molecular formula is C22H25ClN2. The number of aryl methyl sites for hydroxylation is 1. The van der Waals surface area contributed by atoms with E-state index in [0.717, 1.165) is 22.5 Å². The number of aromatic nitrogens is 2. The summed E-state index contributed by atoms with van der Waals surface area (Å²) in [5.74, 6) is 0. The minimum Gasteiger partial charge on any atom is -0.223 e. The minimum absolute atomic E-state index is 0.297. The monoisotopic (exact) mass is 352 g/mol. The molecule has 2 nitrogen and oxygen atoms in total. The Morgan fingerprint density at radius 3 is 2.12 bits per heavy atom. The maximum Gasteiger partial charge on any atom is 0.223 e. The van der Waals surface area contributed by atoms with E-state index in [9.17, 15) is 0 Å². The van der Waals surface area contributed by atoms with Gasteiger partial charge in [0.2, 0.25) is 5.28 Å². The van der Waals surface area contributed by atoms with Crippen LogP contribution in [0.15, 0.2) is 67.8 Å². The molecule has 0 aliphatic carbocycles. The van der Waals surface area contributed by atoms with Gasteiger partial charge in [0.15, 0.2) is 0 Å². The molecule has 3 rings (SSSR count). The van der Waals surface area contributed by atoms with Gasteiger partial charge in [0.1, 0.15) is 0 Å². The van der Waals surface area contributed by atoms with E-state index in [0.29, 0.717) is 5.28 Å². The Morgan fingerprint density at radius 2 is 1.48 bits per heavy atom. The molecule has 0 aliphatic heterocycles. The third-order valence-corrected chi connectivity index (χ3v) is 3.74. The zero-order valence-electron chi connectivity index (χ0n) is 15.4. The van der Waals surface area contributed by atoms with Crippen LogP contribution in [0.3, 0.4) is 0 Å². The van der Waals surface area contributed by atoms with Gasteiger partial charge in [0.05, 0.1) is 5.69 Å². The number of fused-ring (bicyclic) bond motifs is 1. The Labute approximate surface area is 155 Å². The second kappa shape index (κ2) is 10.4. The average Bonchev–Trinajstić information content (AvgIpc) is 2.66. The van der Waals surface area contributed by atoms with Gasteiger partial charge in [-0.2, -0.15) is 0 Å². The smallest absolute Gasteiger partial charge is 0.223 e. The van der Waals surface area contributed by atoms with Gasteiger partial charge in [0.25, 0.3) is 0 Å². The van der Waals surface area contributed by atoms with E-state index in [4.69, 9.17) is 11.6 Å². The Morgan fingerprint density at radius 1 is 0.880 bits per heavy atom.